The first-order valence-corrected chi connectivity index (χ1v) is 8.04. The molecule has 124 valence electrons. The highest BCUT2D eigenvalue weighted by Crippen LogP contribution is 2.34. The van der Waals surface area contributed by atoms with Crippen LogP contribution in [-0.4, -0.2) is 26.8 Å². The zero-order valence-corrected chi connectivity index (χ0v) is 13.2. The molecule has 0 saturated carbocycles. The fraction of sp³-hybridized carbons (Fsp3) is 0.500. The molecule has 1 atom stereocenters. The Morgan fingerprint density at radius 1 is 1.48 bits per heavy atom. The second-order valence-corrected chi connectivity index (χ2v) is 6.45. The Balaban J connectivity index is 1.66. The molecule has 2 aromatic heterocycles. The fourth-order valence-corrected chi connectivity index (χ4v) is 3.49. The summed E-state index contributed by atoms with van der Waals surface area (Å²) in [6.07, 6.45) is -4.35. The number of nitrogens with one attached hydrogen (secondary N) is 1. The Morgan fingerprint density at radius 2 is 2.26 bits per heavy atom. The number of nitrogens with zero attached hydrogens (tertiary/aromatic N) is 3. The highest BCUT2D eigenvalue weighted by molar-refractivity contribution is 7.12. The number of aryl methyl sites for hydroxylation is 1. The van der Waals surface area contributed by atoms with Gasteiger partial charge in [-0.3, -0.25) is 4.79 Å². The Hall–Kier alpha value is -1.90. The summed E-state index contributed by atoms with van der Waals surface area (Å²) in [5.41, 5.74) is 0.892. The van der Waals surface area contributed by atoms with E-state index < -0.39 is 12.1 Å². The number of hydrogen-bond acceptors (Lipinski definition) is 4. The van der Waals surface area contributed by atoms with Gasteiger partial charge in [0, 0.05) is 13.0 Å². The SMILES string of the molecule is Cc1ccsc1C(=O)NCc1nnc2n1CC[C@H](C(F)(F)F)C2. The molecule has 0 fully saturated rings. The van der Waals surface area contributed by atoms with E-state index in [1.165, 1.54) is 11.3 Å². The molecule has 3 heterocycles. The van der Waals surface area contributed by atoms with Crippen LogP contribution in [0.25, 0.3) is 0 Å². The van der Waals surface area contributed by atoms with Crippen LogP contribution < -0.4 is 5.32 Å². The fourth-order valence-electron chi connectivity index (χ4n) is 2.64. The van der Waals surface area contributed by atoms with Gasteiger partial charge in [-0.2, -0.15) is 13.2 Å². The quantitative estimate of drug-likeness (QED) is 0.931. The molecular weight excluding hydrogens is 329 g/mol. The lowest BCUT2D eigenvalue weighted by Crippen LogP contribution is -2.32. The first-order valence-electron chi connectivity index (χ1n) is 7.16. The van der Waals surface area contributed by atoms with E-state index in [1.807, 2.05) is 18.4 Å². The lowest BCUT2D eigenvalue weighted by Gasteiger charge is -2.25. The summed E-state index contributed by atoms with van der Waals surface area (Å²) in [6.45, 7) is 2.22. The summed E-state index contributed by atoms with van der Waals surface area (Å²) in [7, 11) is 0. The van der Waals surface area contributed by atoms with E-state index in [4.69, 9.17) is 0 Å². The summed E-state index contributed by atoms with van der Waals surface area (Å²) in [4.78, 5) is 12.7. The van der Waals surface area contributed by atoms with Gasteiger partial charge in [0.1, 0.15) is 5.82 Å². The van der Waals surface area contributed by atoms with Crippen molar-refractivity contribution in [2.24, 2.45) is 5.92 Å². The third-order valence-corrected chi connectivity index (χ3v) is 4.99. The van der Waals surface area contributed by atoms with Crippen LogP contribution in [0, 0.1) is 12.8 Å². The van der Waals surface area contributed by atoms with E-state index in [0.717, 1.165) is 5.56 Å². The molecule has 0 bridgehead atoms. The summed E-state index contributed by atoms with van der Waals surface area (Å²) in [5.74, 6) is -0.757. The molecule has 1 aliphatic heterocycles. The van der Waals surface area contributed by atoms with Crippen molar-refractivity contribution in [1.29, 1.82) is 0 Å². The third kappa shape index (κ3) is 3.24. The highest BCUT2D eigenvalue weighted by Gasteiger charge is 2.42. The number of halogens is 3. The summed E-state index contributed by atoms with van der Waals surface area (Å²) < 4.78 is 40.0. The average Bonchev–Trinajstić information content (AvgIpc) is 3.09. The minimum atomic E-state index is -4.21. The van der Waals surface area contributed by atoms with Crippen molar-refractivity contribution in [3.63, 3.8) is 0 Å². The number of rotatable bonds is 3. The smallest absolute Gasteiger partial charge is 0.344 e. The van der Waals surface area contributed by atoms with Gasteiger partial charge in [0.2, 0.25) is 0 Å². The van der Waals surface area contributed by atoms with Gasteiger partial charge < -0.3 is 9.88 Å². The maximum atomic E-state index is 12.8. The maximum absolute atomic E-state index is 12.8. The largest absolute Gasteiger partial charge is 0.392 e. The second-order valence-electron chi connectivity index (χ2n) is 5.53. The minimum Gasteiger partial charge on any atom is -0.344 e. The molecule has 3 rings (SSSR count). The first-order chi connectivity index (χ1) is 10.9. The van der Waals surface area contributed by atoms with Crippen LogP contribution in [0.4, 0.5) is 13.2 Å². The van der Waals surface area contributed by atoms with Gasteiger partial charge in [0.15, 0.2) is 5.82 Å². The van der Waals surface area contributed by atoms with Gasteiger partial charge in [0.25, 0.3) is 5.91 Å². The number of thiophene rings is 1. The molecular formula is C14H15F3N4OS. The number of hydrogen-bond donors (Lipinski definition) is 1. The molecule has 1 N–H and O–H groups in total. The zero-order valence-electron chi connectivity index (χ0n) is 12.4. The van der Waals surface area contributed by atoms with E-state index in [1.54, 1.807) is 4.57 Å². The van der Waals surface area contributed by atoms with Crippen molar-refractivity contribution in [3.8, 4) is 0 Å². The minimum absolute atomic E-state index is 0.0134. The zero-order chi connectivity index (χ0) is 16.6. The van der Waals surface area contributed by atoms with Gasteiger partial charge >= 0.3 is 6.18 Å². The molecule has 0 unspecified atom stereocenters. The topological polar surface area (TPSA) is 59.8 Å². The van der Waals surface area contributed by atoms with Crippen molar-refractivity contribution in [2.45, 2.75) is 39.0 Å². The predicted octanol–water partition coefficient (Wildman–Crippen LogP) is 2.70. The van der Waals surface area contributed by atoms with Crippen molar-refractivity contribution in [3.05, 3.63) is 33.5 Å². The van der Waals surface area contributed by atoms with Gasteiger partial charge in [-0.1, -0.05) is 0 Å². The first kappa shape index (κ1) is 16.0. The molecule has 5 nitrogen and oxygen atoms in total. The van der Waals surface area contributed by atoms with E-state index >= 15 is 0 Å². The van der Waals surface area contributed by atoms with E-state index in [-0.39, 0.29) is 31.8 Å². The number of carbonyl (C=O) groups is 1. The number of aromatic nitrogens is 3. The molecule has 9 heteroatoms. The Labute approximate surface area is 134 Å². The lowest BCUT2D eigenvalue weighted by atomic mass is 9.97. The average molecular weight is 344 g/mol. The monoisotopic (exact) mass is 344 g/mol. The molecule has 0 radical (unpaired) electrons. The summed E-state index contributed by atoms with van der Waals surface area (Å²) in [5, 5.41) is 12.3. The maximum Gasteiger partial charge on any atom is 0.392 e. The molecule has 0 saturated heterocycles. The van der Waals surface area contributed by atoms with Crippen molar-refractivity contribution in [2.75, 3.05) is 0 Å². The Morgan fingerprint density at radius 3 is 2.91 bits per heavy atom. The number of amides is 1. The number of alkyl halides is 3. The lowest BCUT2D eigenvalue weighted by molar-refractivity contribution is -0.179. The van der Waals surface area contributed by atoms with Crippen LogP contribution in [-0.2, 0) is 19.5 Å². The van der Waals surface area contributed by atoms with Gasteiger partial charge in [-0.15, -0.1) is 21.5 Å². The van der Waals surface area contributed by atoms with Crippen molar-refractivity contribution in [1.82, 2.24) is 20.1 Å². The molecule has 0 aliphatic carbocycles. The van der Waals surface area contributed by atoms with Gasteiger partial charge in [-0.05, 0) is 30.4 Å². The molecule has 1 aliphatic rings. The standard InChI is InChI=1S/C14H15F3N4OS/c1-8-3-5-23-12(8)13(22)18-7-11-20-19-10-6-9(14(15,16)17)2-4-21(10)11/h3,5,9H,2,4,6-7H2,1H3,(H,18,22)/t9-/m0/s1. The number of carbonyl (C=O) groups excluding carboxylic acids is 1. The van der Waals surface area contributed by atoms with Crippen LogP contribution in [0.5, 0.6) is 0 Å². The van der Waals surface area contributed by atoms with E-state index in [2.05, 4.69) is 15.5 Å². The molecule has 2 aromatic rings. The molecule has 0 spiro atoms. The summed E-state index contributed by atoms with van der Waals surface area (Å²) in [6, 6.07) is 1.86. The Bertz CT molecular complexity index is 722. The van der Waals surface area contributed by atoms with Crippen LogP contribution in [0.15, 0.2) is 11.4 Å². The summed E-state index contributed by atoms with van der Waals surface area (Å²) >= 11 is 1.35. The molecule has 0 aromatic carbocycles. The van der Waals surface area contributed by atoms with Crippen LogP contribution in [0.2, 0.25) is 0 Å². The molecule has 1 amide bonds. The van der Waals surface area contributed by atoms with Crippen LogP contribution >= 0.6 is 11.3 Å². The second kappa shape index (κ2) is 5.95. The van der Waals surface area contributed by atoms with E-state index in [9.17, 15) is 18.0 Å². The van der Waals surface area contributed by atoms with Crippen LogP contribution in [0.1, 0.15) is 33.3 Å². The van der Waals surface area contributed by atoms with E-state index in [0.29, 0.717) is 16.5 Å². The predicted molar refractivity (Wildman–Crippen MR) is 78.1 cm³/mol. The highest BCUT2D eigenvalue weighted by atomic mass is 32.1. The van der Waals surface area contributed by atoms with Crippen LogP contribution in [0.3, 0.4) is 0 Å². The van der Waals surface area contributed by atoms with Crippen molar-refractivity contribution < 1.29 is 18.0 Å². The molecule has 23 heavy (non-hydrogen) atoms. The Kier molecular flexibility index (Phi) is 4.13. The van der Waals surface area contributed by atoms with Crippen molar-refractivity contribution >= 4 is 17.2 Å². The third-order valence-electron chi connectivity index (χ3n) is 3.97. The normalized spacial score (nSPS) is 17.8. The van der Waals surface area contributed by atoms with Gasteiger partial charge in [0.05, 0.1) is 17.3 Å². The number of fused-ring (bicyclic) bond motifs is 1. The van der Waals surface area contributed by atoms with Gasteiger partial charge in [-0.25, -0.2) is 0 Å².